The smallest absolute Gasteiger partial charge is 0.170 e. The Hall–Kier alpha value is -0.160. The summed E-state index contributed by atoms with van der Waals surface area (Å²) in [5.41, 5.74) is 0. The van der Waals surface area contributed by atoms with Crippen LogP contribution in [0, 0.1) is 0 Å². The van der Waals surface area contributed by atoms with Crippen LogP contribution in [0.25, 0.3) is 0 Å². The molecule has 0 aromatic rings. The largest absolute Gasteiger partial charge is 0.379 e. The summed E-state index contributed by atoms with van der Waals surface area (Å²) in [5.74, 6) is 0. The van der Waals surface area contributed by atoms with Crippen molar-refractivity contribution in [2.24, 2.45) is 0 Å². The summed E-state index contributed by atoms with van der Waals surface area (Å²) >= 11 is 0. The van der Waals surface area contributed by atoms with Gasteiger partial charge in [0.1, 0.15) is 0 Å². The summed E-state index contributed by atoms with van der Waals surface area (Å²) in [5, 5.41) is 0. The summed E-state index contributed by atoms with van der Waals surface area (Å²) in [6.07, 6.45) is 2.00. The first-order valence-corrected chi connectivity index (χ1v) is 6.40. The Labute approximate surface area is 98.8 Å². The van der Waals surface area contributed by atoms with E-state index in [9.17, 15) is 0 Å². The van der Waals surface area contributed by atoms with Gasteiger partial charge in [-0.3, -0.25) is 4.90 Å². The normalized spacial score (nSPS) is 18.2. The Morgan fingerprint density at radius 2 is 1.62 bits per heavy atom. The van der Waals surface area contributed by atoms with Gasteiger partial charge in [0.15, 0.2) is 6.29 Å². The summed E-state index contributed by atoms with van der Waals surface area (Å²) in [6.45, 7) is 10.3. The molecule has 0 saturated carbocycles. The number of rotatable bonds is 8. The van der Waals surface area contributed by atoms with E-state index in [1.807, 2.05) is 0 Å². The first-order chi connectivity index (χ1) is 7.86. The fourth-order valence-corrected chi connectivity index (χ4v) is 1.65. The van der Waals surface area contributed by atoms with Gasteiger partial charge in [-0.1, -0.05) is 13.8 Å². The van der Waals surface area contributed by atoms with Crippen molar-refractivity contribution in [3.05, 3.63) is 0 Å². The van der Waals surface area contributed by atoms with Gasteiger partial charge in [0.25, 0.3) is 0 Å². The van der Waals surface area contributed by atoms with Crippen molar-refractivity contribution >= 4 is 0 Å². The van der Waals surface area contributed by atoms with Crippen molar-refractivity contribution in [1.82, 2.24) is 4.90 Å². The lowest BCUT2D eigenvalue weighted by Crippen LogP contribution is -2.42. The minimum atomic E-state index is -0.0713. The molecule has 0 amide bonds. The van der Waals surface area contributed by atoms with Gasteiger partial charge >= 0.3 is 0 Å². The molecule has 4 heteroatoms. The molecular formula is C12H25NO3. The molecule has 0 radical (unpaired) electrons. The van der Waals surface area contributed by atoms with Gasteiger partial charge in [0.05, 0.1) is 13.2 Å². The number of hydrogen-bond acceptors (Lipinski definition) is 4. The zero-order chi connectivity index (χ0) is 11.6. The second kappa shape index (κ2) is 8.93. The lowest BCUT2D eigenvalue weighted by atomic mass is 10.4. The number of nitrogens with zero attached hydrogens (tertiary/aromatic N) is 1. The van der Waals surface area contributed by atoms with Gasteiger partial charge in [0, 0.05) is 32.8 Å². The second-order valence-corrected chi connectivity index (χ2v) is 4.08. The molecule has 0 unspecified atom stereocenters. The van der Waals surface area contributed by atoms with Crippen molar-refractivity contribution in [3.8, 4) is 0 Å². The predicted octanol–water partition coefficient (Wildman–Crippen LogP) is 1.50. The van der Waals surface area contributed by atoms with E-state index in [0.29, 0.717) is 0 Å². The Balaban J connectivity index is 2.23. The molecule has 0 atom stereocenters. The third kappa shape index (κ3) is 5.80. The molecule has 0 N–H and O–H groups in total. The van der Waals surface area contributed by atoms with Crippen molar-refractivity contribution in [3.63, 3.8) is 0 Å². The van der Waals surface area contributed by atoms with E-state index < -0.39 is 0 Å². The summed E-state index contributed by atoms with van der Waals surface area (Å²) in [7, 11) is 0. The average Bonchev–Trinajstić information content (AvgIpc) is 2.34. The standard InChI is InChI=1S/C12H25NO3/c1-3-7-15-12(16-8-4-2)11-13-5-9-14-10-6-13/h12H,3-11H2,1-2H3. The summed E-state index contributed by atoms with van der Waals surface area (Å²) in [6, 6.07) is 0. The minimum Gasteiger partial charge on any atom is -0.379 e. The van der Waals surface area contributed by atoms with Crippen LogP contribution in [-0.2, 0) is 14.2 Å². The quantitative estimate of drug-likeness (QED) is 0.592. The highest BCUT2D eigenvalue weighted by Gasteiger charge is 2.17. The molecule has 0 bridgehead atoms. The van der Waals surface area contributed by atoms with Crippen LogP contribution in [-0.4, -0.2) is 57.3 Å². The molecule has 0 aromatic carbocycles. The van der Waals surface area contributed by atoms with E-state index in [1.54, 1.807) is 0 Å². The van der Waals surface area contributed by atoms with Crippen molar-refractivity contribution in [1.29, 1.82) is 0 Å². The van der Waals surface area contributed by atoms with Gasteiger partial charge in [-0.25, -0.2) is 0 Å². The van der Waals surface area contributed by atoms with E-state index in [4.69, 9.17) is 14.2 Å². The maximum absolute atomic E-state index is 5.69. The van der Waals surface area contributed by atoms with E-state index in [-0.39, 0.29) is 6.29 Å². The lowest BCUT2D eigenvalue weighted by molar-refractivity contribution is -0.157. The highest BCUT2D eigenvalue weighted by molar-refractivity contribution is 4.63. The Kier molecular flexibility index (Phi) is 7.76. The first kappa shape index (κ1) is 13.9. The fraction of sp³-hybridized carbons (Fsp3) is 1.00. The lowest BCUT2D eigenvalue weighted by Gasteiger charge is -2.30. The average molecular weight is 231 g/mol. The fourth-order valence-electron chi connectivity index (χ4n) is 1.65. The molecule has 1 aliphatic rings. The molecule has 16 heavy (non-hydrogen) atoms. The van der Waals surface area contributed by atoms with E-state index in [0.717, 1.165) is 58.9 Å². The van der Waals surface area contributed by atoms with Gasteiger partial charge < -0.3 is 14.2 Å². The first-order valence-electron chi connectivity index (χ1n) is 6.40. The molecule has 1 saturated heterocycles. The van der Waals surface area contributed by atoms with Gasteiger partial charge in [-0.05, 0) is 12.8 Å². The van der Waals surface area contributed by atoms with Gasteiger partial charge in [-0.15, -0.1) is 0 Å². The molecule has 4 nitrogen and oxygen atoms in total. The van der Waals surface area contributed by atoms with Crippen LogP contribution in [0.5, 0.6) is 0 Å². The summed E-state index contributed by atoms with van der Waals surface area (Å²) in [4.78, 5) is 2.35. The van der Waals surface area contributed by atoms with Crippen molar-refractivity contribution in [2.75, 3.05) is 46.1 Å². The third-order valence-corrected chi connectivity index (χ3v) is 2.53. The second-order valence-electron chi connectivity index (χ2n) is 4.08. The van der Waals surface area contributed by atoms with Crippen molar-refractivity contribution in [2.45, 2.75) is 33.0 Å². The Bertz CT molecular complexity index is 152. The number of ether oxygens (including phenoxy) is 3. The number of morpholine rings is 1. The molecule has 96 valence electrons. The van der Waals surface area contributed by atoms with Gasteiger partial charge in [0.2, 0.25) is 0 Å². The molecule has 1 heterocycles. The monoisotopic (exact) mass is 231 g/mol. The molecule has 0 aromatic heterocycles. The van der Waals surface area contributed by atoms with Crippen molar-refractivity contribution < 1.29 is 14.2 Å². The van der Waals surface area contributed by atoms with E-state index in [2.05, 4.69) is 18.7 Å². The molecule has 1 rings (SSSR count). The van der Waals surface area contributed by atoms with Crippen LogP contribution >= 0.6 is 0 Å². The van der Waals surface area contributed by atoms with E-state index >= 15 is 0 Å². The Morgan fingerprint density at radius 3 is 2.12 bits per heavy atom. The molecule has 1 aliphatic heterocycles. The SMILES string of the molecule is CCCOC(CN1CCOCC1)OCCC. The zero-order valence-corrected chi connectivity index (χ0v) is 10.6. The molecule has 0 spiro atoms. The summed E-state index contributed by atoms with van der Waals surface area (Å²) < 4.78 is 16.7. The maximum atomic E-state index is 5.69. The van der Waals surface area contributed by atoms with Crippen LogP contribution in [0.15, 0.2) is 0 Å². The predicted molar refractivity (Wildman–Crippen MR) is 63.5 cm³/mol. The van der Waals surface area contributed by atoms with E-state index in [1.165, 1.54) is 0 Å². The van der Waals surface area contributed by atoms with Crippen LogP contribution < -0.4 is 0 Å². The van der Waals surface area contributed by atoms with Crippen LogP contribution in [0.3, 0.4) is 0 Å². The maximum Gasteiger partial charge on any atom is 0.170 e. The molecule has 0 aliphatic carbocycles. The number of hydrogen-bond donors (Lipinski definition) is 0. The minimum absolute atomic E-state index is 0.0713. The van der Waals surface area contributed by atoms with Crippen LogP contribution in [0.4, 0.5) is 0 Å². The highest BCUT2D eigenvalue weighted by atomic mass is 16.7. The third-order valence-electron chi connectivity index (χ3n) is 2.53. The highest BCUT2D eigenvalue weighted by Crippen LogP contribution is 2.04. The van der Waals surface area contributed by atoms with Gasteiger partial charge in [-0.2, -0.15) is 0 Å². The van der Waals surface area contributed by atoms with Crippen LogP contribution in [0.2, 0.25) is 0 Å². The Morgan fingerprint density at radius 1 is 1.06 bits per heavy atom. The topological polar surface area (TPSA) is 30.9 Å². The molecule has 1 fully saturated rings. The molecular weight excluding hydrogens is 206 g/mol. The van der Waals surface area contributed by atoms with Crippen LogP contribution in [0.1, 0.15) is 26.7 Å². The zero-order valence-electron chi connectivity index (χ0n) is 10.6.